The molecule has 0 aliphatic carbocycles. The highest BCUT2D eigenvalue weighted by atomic mass is 32.2. The van der Waals surface area contributed by atoms with Crippen LogP contribution in [0.5, 0.6) is 17.2 Å². The van der Waals surface area contributed by atoms with E-state index in [0.29, 0.717) is 51.1 Å². The number of nitrogens with zero attached hydrogens (tertiary/aromatic N) is 1. The molecule has 176 valence electrons. The Labute approximate surface area is 196 Å². The van der Waals surface area contributed by atoms with Crippen molar-refractivity contribution in [2.24, 2.45) is 0 Å². The summed E-state index contributed by atoms with van der Waals surface area (Å²) < 4.78 is 43.8. The minimum atomic E-state index is -3.58. The lowest BCUT2D eigenvalue weighted by Crippen LogP contribution is -2.24. The normalized spacial score (nSPS) is 11.6. The summed E-state index contributed by atoms with van der Waals surface area (Å²) in [7, 11) is 0.963. The SMILES string of the molecule is CCCNS(=O)(=O)c1ccc2nc(NC(=O)C=Cc3cc(OC)c(OC)c(OC)c3)sc2c1. The topological polar surface area (TPSA) is 116 Å². The van der Waals surface area contributed by atoms with Gasteiger partial charge >= 0.3 is 0 Å². The number of carbonyl (C=O) groups excluding carboxylic acids is 1. The zero-order chi connectivity index (χ0) is 24.0. The van der Waals surface area contributed by atoms with E-state index in [2.05, 4.69) is 15.0 Å². The van der Waals surface area contributed by atoms with Crippen molar-refractivity contribution in [2.75, 3.05) is 33.2 Å². The number of rotatable bonds is 10. The number of benzene rings is 2. The van der Waals surface area contributed by atoms with Gasteiger partial charge in [0.25, 0.3) is 0 Å². The molecule has 0 aliphatic heterocycles. The second-order valence-electron chi connectivity index (χ2n) is 6.83. The summed E-state index contributed by atoms with van der Waals surface area (Å²) in [5.74, 6) is 1.02. The molecule has 0 aliphatic rings. The van der Waals surface area contributed by atoms with E-state index in [9.17, 15) is 13.2 Å². The molecule has 0 unspecified atom stereocenters. The van der Waals surface area contributed by atoms with Crippen LogP contribution in [0.25, 0.3) is 16.3 Å². The highest BCUT2D eigenvalue weighted by Crippen LogP contribution is 2.38. The summed E-state index contributed by atoms with van der Waals surface area (Å²) in [6.07, 6.45) is 3.66. The lowest BCUT2D eigenvalue weighted by Gasteiger charge is -2.12. The summed E-state index contributed by atoms with van der Waals surface area (Å²) in [4.78, 5) is 16.9. The first kappa shape index (κ1) is 24.5. The van der Waals surface area contributed by atoms with Crippen molar-refractivity contribution >= 4 is 48.7 Å². The first-order chi connectivity index (χ1) is 15.8. The Morgan fingerprint density at radius 2 is 1.79 bits per heavy atom. The van der Waals surface area contributed by atoms with Crippen molar-refractivity contribution in [3.63, 3.8) is 0 Å². The predicted octanol–water partition coefficient (Wildman–Crippen LogP) is 3.66. The molecule has 0 spiro atoms. The number of anilines is 1. The molecule has 0 atom stereocenters. The second kappa shape index (κ2) is 10.6. The van der Waals surface area contributed by atoms with Gasteiger partial charge in [0.15, 0.2) is 16.6 Å². The van der Waals surface area contributed by atoms with Crippen molar-refractivity contribution < 1.29 is 27.4 Å². The van der Waals surface area contributed by atoms with E-state index in [1.807, 2.05) is 6.92 Å². The van der Waals surface area contributed by atoms with E-state index in [0.717, 1.165) is 0 Å². The van der Waals surface area contributed by atoms with Crippen molar-refractivity contribution in [1.29, 1.82) is 0 Å². The molecule has 3 rings (SSSR count). The molecule has 33 heavy (non-hydrogen) atoms. The molecular formula is C22H25N3O6S2. The lowest BCUT2D eigenvalue weighted by atomic mass is 10.1. The highest BCUT2D eigenvalue weighted by Gasteiger charge is 2.16. The summed E-state index contributed by atoms with van der Waals surface area (Å²) >= 11 is 1.19. The van der Waals surface area contributed by atoms with Crippen LogP contribution in [-0.4, -0.2) is 47.2 Å². The lowest BCUT2D eigenvalue weighted by molar-refractivity contribution is -0.111. The number of hydrogen-bond acceptors (Lipinski definition) is 8. The quantitative estimate of drug-likeness (QED) is 0.416. The summed E-state index contributed by atoms with van der Waals surface area (Å²) in [5.41, 5.74) is 1.27. The fourth-order valence-electron chi connectivity index (χ4n) is 2.96. The van der Waals surface area contributed by atoms with Crippen molar-refractivity contribution in [2.45, 2.75) is 18.2 Å². The number of hydrogen-bond donors (Lipinski definition) is 2. The van der Waals surface area contributed by atoms with Crippen LogP contribution in [0, 0.1) is 0 Å². The zero-order valence-electron chi connectivity index (χ0n) is 18.7. The van der Waals surface area contributed by atoms with Crippen LogP contribution in [0.4, 0.5) is 5.13 Å². The number of carbonyl (C=O) groups is 1. The maximum atomic E-state index is 12.4. The van der Waals surface area contributed by atoms with E-state index >= 15 is 0 Å². The van der Waals surface area contributed by atoms with Gasteiger partial charge in [0.05, 0.1) is 36.4 Å². The van der Waals surface area contributed by atoms with Gasteiger partial charge in [-0.3, -0.25) is 10.1 Å². The fourth-order valence-corrected chi connectivity index (χ4v) is 5.10. The summed E-state index contributed by atoms with van der Waals surface area (Å²) in [6, 6.07) is 8.10. The molecule has 9 nitrogen and oxygen atoms in total. The number of sulfonamides is 1. The minimum absolute atomic E-state index is 0.160. The van der Waals surface area contributed by atoms with Gasteiger partial charge in [0, 0.05) is 12.6 Å². The van der Waals surface area contributed by atoms with Gasteiger partial charge < -0.3 is 14.2 Å². The van der Waals surface area contributed by atoms with E-state index in [4.69, 9.17) is 14.2 Å². The summed E-state index contributed by atoms with van der Waals surface area (Å²) in [6.45, 7) is 2.25. The second-order valence-corrected chi connectivity index (χ2v) is 9.63. The monoisotopic (exact) mass is 491 g/mol. The van der Waals surface area contributed by atoms with Gasteiger partial charge in [-0.25, -0.2) is 18.1 Å². The molecular weight excluding hydrogens is 466 g/mol. The van der Waals surface area contributed by atoms with Gasteiger partial charge in [-0.05, 0) is 48.4 Å². The first-order valence-electron chi connectivity index (χ1n) is 10.0. The number of nitrogens with one attached hydrogen (secondary N) is 2. The van der Waals surface area contributed by atoms with Crippen LogP contribution < -0.4 is 24.2 Å². The zero-order valence-corrected chi connectivity index (χ0v) is 20.3. The Morgan fingerprint density at radius 1 is 1.09 bits per heavy atom. The number of aromatic nitrogens is 1. The standard InChI is InChI=1S/C22H25N3O6S2/c1-5-10-23-33(27,28)15-7-8-16-19(13-15)32-22(24-16)25-20(26)9-6-14-11-17(29-2)21(31-4)18(12-14)30-3/h6-9,11-13,23H,5,10H2,1-4H3,(H,24,25,26). The van der Waals surface area contributed by atoms with Gasteiger partial charge in [0.1, 0.15) is 0 Å². The third kappa shape index (κ3) is 5.81. The maximum Gasteiger partial charge on any atom is 0.250 e. The molecule has 11 heteroatoms. The molecule has 0 bridgehead atoms. The molecule has 3 aromatic rings. The van der Waals surface area contributed by atoms with E-state index in [1.54, 1.807) is 30.3 Å². The van der Waals surface area contributed by atoms with Crippen molar-refractivity contribution in [3.05, 3.63) is 42.0 Å². The molecule has 0 saturated heterocycles. The average Bonchev–Trinajstić information content (AvgIpc) is 3.21. The number of ether oxygens (including phenoxy) is 3. The Morgan fingerprint density at radius 3 is 2.39 bits per heavy atom. The van der Waals surface area contributed by atoms with E-state index < -0.39 is 10.0 Å². The smallest absolute Gasteiger partial charge is 0.250 e. The molecule has 2 N–H and O–H groups in total. The predicted molar refractivity (Wildman–Crippen MR) is 129 cm³/mol. The van der Waals surface area contributed by atoms with Crippen molar-refractivity contribution in [3.8, 4) is 17.2 Å². The minimum Gasteiger partial charge on any atom is -0.493 e. The van der Waals surface area contributed by atoms with E-state index in [-0.39, 0.29) is 10.8 Å². The first-order valence-corrected chi connectivity index (χ1v) is 12.3. The van der Waals surface area contributed by atoms with Crippen LogP contribution in [0.3, 0.4) is 0 Å². The third-order valence-corrected chi connectivity index (χ3v) is 6.95. The molecule has 0 radical (unpaired) electrons. The number of fused-ring (bicyclic) bond motifs is 1. The van der Waals surface area contributed by atoms with Crippen molar-refractivity contribution in [1.82, 2.24) is 9.71 Å². The largest absolute Gasteiger partial charge is 0.493 e. The Balaban J connectivity index is 1.76. The van der Waals surface area contributed by atoms with E-state index in [1.165, 1.54) is 44.8 Å². The van der Waals surface area contributed by atoms with Crippen LogP contribution >= 0.6 is 11.3 Å². The summed E-state index contributed by atoms with van der Waals surface area (Å²) in [5, 5.41) is 3.06. The molecule has 1 amide bonds. The van der Waals surface area contributed by atoms with Crippen LogP contribution in [0.15, 0.2) is 41.3 Å². The number of amides is 1. The highest BCUT2D eigenvalue weighted by molar-refractivity contribution is 7.89. The fraction of sp³-hybridized carbons (Fsp3) is 0.273. The Hall–Kier alpha value is -3.15. The molecule has 2 aromatic carbocycles. The van der Waals surface area contributed by atoms with Crippen LogP contribution in [-0.2, 0) is 14.8 Å². The Kier molecular flexibility index (Phi) is 7.90. The molecule has 0 saturated carbocycles. The average molecular weight is 492 g/mol. The number of thiazole rings is 1. The van der Waals surface area contributed by atoms with Gasteiger partial charge in [-0.1, -0.05) is 18.3 Å². The van der Waals surface area contributed by atoms with Gasteiger partial charge in [0.2, 0.25) is 21.7 Å². The Bertz CT molecular complexity index is 1260. The maximum absolute atomic E-state index is 12.4. The molecule has 1 aromatic heterocycles. The van der Waals surface area contributed by atoms with Crippen LogP contribution in [0.1, 0.15) is 18.9 Å². The third-order valence-electron chi connectivity index (χ3n) is 4.56. The molecule has 1 heterocycles. The van der Waals surface area contributed by atoms with Crippen LogP contribution in [0.2, 0.25) is 0 Å². The van der Waals surface area contributed by atoms with Gasteiger partial charge in [-0.2, -0.15) is 0 Å². The molecule has 0 fully saturated rings. The number of methoxy groups -OCH3 is 3. The van der Waals surface area contributed by atoms with Gasteiger partial charge in [-0.15, -0.1) is 0 Å².